The van der Waals surface area contributed by atoms with Crippen LogP contribution in [0.4, 0.5) is 0 Å². The number of para-hydroxylation sites is 1. The van der Waals surface area contributed by atoms with Crippen molar-refractivity contribution >= 4 is 17.7 Å². The van der Waals surface area contributed by atoms with Gasteiger partial charge in [-0.1, -0.05) is 56.7 Å². The number of thioether (sulfide) groups is 1. The van der Waals surface area contributed by atoms with Crippen LogP contribution in [0.2, 0.25) is 0 Å². The second kappa shape index (κ2) is 8.04. The van der Waals surface area contributed by atoms with Crippen molar-refractivity contribution in [3.63, 3.8) is 0 Å². The first-order chi connectivity index (χ1) is 12.1. The van der Waals surface area contributed by atoms with Gasteiger partial charge in [-0.25, -0.2) is 0 Å². The Morgan fingerprint density at radius 3 is 2.92 bits per heavy atom. The van der Waals surface area contributed by atoms with Crippen molar-refractivity contribution in [3.05, 3.63) is 36.2 Å². The molecule has 0 saturated heterocycles. The summed E-state index contributed by atoms with van der Waals surface area (Å²) in [4.78, 5) is 12.4. The van der Waals surface area contributed by atoms with Gasteiger partial charge in [-0.05, 0) is 36.8 Å². The van der Waals surface area contributed by atoms with Gasteiger partial charge in [-0.3, -0.25) is 9.36 Å². The van der Waals surface area contributed by atoms with Crippen LogP contribution in [0, 0.1) is 18.8 Å². The standard InChI is InChI=1S/C19H26N4OS/c1-13-8-6-9-16(15(13)3)21-18(24)11-25-19-22-20-12-23(19)17-10-5-4-7-14(17)2/h4-5,7,10,12-13,15-16H,6,8-9,11H2,1-3H3,(H,21,24). The molecule has 3 atom stereocenters. The first-order valence-corrected chi connectivity index (χ1v) is 9.93. The van der Waals surface area contributed by atoms with Crippen LogP contribution in [0.25, 0.3) is 5.69 Å². The van der Waals surface area contributed by atoms with E-state index < -0.39 is 0 Å². The van der Waals surface area contributed by atoms with Gasteiger partial charge in [-0.15, -0.1) is 10.2 Å². The first-order valence-electron chi connectivity index (χ1n) is 8.94. The number of nitrogens with zero attached hydrogens (tertiary/aromatic N) is 3. The number of nitrogens with one attached hydrogen (secondary N) is 1. The molecule has 3 rings (SSSR count). The monoisotopic (exact) mass is 358 g/mol. The van der Waals surface area contributed by atoms with Crippen molar-refractivity contribution in [2.45, 2.75) is 51.2 Å². The zero-order valence-corrected chi connectivity index (χ0v) is 15.9. The normalized spacial score (nSPS) is 23.4. The quantitative estimate of drug-likeness (QED) is 0.830. The van der Waals surface area contributed by atoms with Crippen molar-refractivity contribution < 1.29 is 4.79 Å². The number of amides is 1. The van der Waals surface area contributed by atoms with E-state index in [4.69, 9.17) is 0 Å². The van der Waals surface area contributed by atoms with Gasteiger partial charge < -0.3 is 5.32 Å². The van der Waals surface area contributed by atoms with Crippen LogP contribution in [-0.2, 0) is 4.79 Å². The summed E-state index contributed by atoms with van der Waals surface area (Å²) >= 11 is 1.43. The molecule has 6 heteroatoms. The molecule has 1 fully saturated rings. The average molecular weight is 359 g/mol. The number of carbonyl (C=O) groups is 1. The Hall–Kier alpha value is -1.82. The topological polar surface area (TPSA) is 59.8 Å². The molecule has 0 aliphatic heterocycles. The number of rotatable bonds is 5. The lowest BCUT2D eigenvalue weighted by Gasteiger charge is -2.34. The van der Waals surface area contributed by atoms with E-state index >= 15 is 0 Å². The highest BCUT2D eigenvalue weighted by atomic mass is 32.2. The molecule has 5 nitrogen and oxygen atoms in total. The van der Waals surface area contributed by atoms with Gasteiger partial charge in [0.05, 0.1) is 11.4 Å². The Morgan fingerprint density at radius 1 is 1.32 bits per heavy atom. The van der Waals surface area contributed by atoms with Crippen LogP contribution in [0.15, 0.2) is 35.7 Å². The molecule has 0 spiro atoms. The summed E-state index contributed by atoms with van der Waals surface area (Å²) in [5.74, 6) is 1.66. The van der Waals surface area contributed by atoms with E-state index in [0.717, 1.165) is 22.8 Å². The van der Waals surface area contributed by atoms with E-state index in [9.17, 15) is 4.79 Å². The first kappa shape index (κ1) is 18.0. The Labute approximate surface area is 153 Å². The van der Waals surface area contributed by atoms with Gasteiger partial charge >= 0.3 is 0 Å². The lowest BCUT2D eigenvalue weighted by atomic mass is 9.78. The molecule has 1 amide bonds. The highest BCUT2D eigenvalue weighted by Crippen LogP contribution is 2.29. The molecule has 3 unspecified atom stereocenters. The third kappa shape index (κ3) is 4.24. The third-order valence-electron chi connectivity index (χ3n) is 5.28. The van der Waals surface area contributed by atoms with Gasteiger partial charge in [0.2, 0.25) is 5.91 Å². The van der Waals surface area contributed by atoms with E-state index in [2.05, 4.69) is 42.4 Å². The molecule has 2 aromatic rings. The smallest absolute Gasteiger partial charge is 0.230 e. The van der Waals surface area contributed by atoms with Gasteiger partial charge in [0.1, 0.15) is 6.33 Å². The molecule has 1 aliphatic rings. The zero-order valence-electron chi connectivity index (χ0n) is 15.1. The maximum Gasteiger partial charge on any atom is 0.230 e. The molecule has 1 aromatic heterocycles. The molecule has 1 aliphatic carbocycles. The fourth-order valence-electron chi connectivity index (χ4n) is 3.49. The molecule has 1 saturated carbocycles. The van der Waals surface area contributed by atoms with Gasteiger partial charge in [0.25, 0.3) is 0 Å². The number of carbonyl (C=O) groups excluding carboxylic acids is 1. The number of aryl methyl sites for hydroxylation is 1. The number of aromatic nitrogens is 3. The second-order valence-corrected chi connectivity index (χ2v) is 7.94. The molecular formula is C19H26N4OS. The highest BCUT2D eigenvalue weighted by molar-refractivity contribution is 7.99. The molecule has 1 heterocycles. The predicted molar refractivity (Wildman–Crippen MR) is 101 cm³/mol. The van der Waals surface area contributed by atoms with E-state index in [1.807, 2.05) is 22.8 Å². The number of benzene rings is 1. The van der Waals surface area contributed by atoms with Gasteiger partial charge in [0.15, 0.2) is 5.16 Å². The molecule has 0 bridgehead atoms. The maximum absolute atomic E-state index is 12.4. The lowest BCUT2D eigenvalue weighted by Crippen LogP contribution is -2.44. The SMILES string of the molecule is Cc1ccccc1-n1cnnc1SCC(=O)NC1CCCC(C)C1C. The molecular weight excluding hydrogens is 332 g/mol. The molecule has 1 aromatic carbocycles. The van der Waals surface area contributed by atoms with E-state index in [1.165, 1.54) is 24.6 Å². The van der Waals surface area contributed by atoms with Gasteiger partial charge in [-0.2, -0.15) is 0 Å². The van der Waals surface area contributed by atoms with Crippen molar-refractivity contribution in [2.75, 3.05) is 5.75 Å². The summed E-state index contributed by atoms with van der Waals surface area (Å²) in [6.45, 7) is 6.58. The third-order valence-corrected chi connectivity index (χ3v) is 6.22. The van der Waals surface area contributed by atoms with Crippen molar-refractivity contribution in [3.8, 4) is 5.69 Å². The van der Waals surface area contributed by atoms with E-state index in [0.29, 0.717) is 23.6 Å². The fourth-order valence-corrected chi connectivity index (χ4v) is 4.22. The van der Waals surface area contributed by atoms with E-state index in [-0.39, 0.29) is 5.91 Å². The molecule has 134 valence electrons. The summed E-state index contributed by atoms with van der Waals surface area (Å²) in [5.41, 5.74) is 2.20. The Kier molecular flexibility index (Phi) is 5.78. The maximum atomic E-state index is 12.4. The van der Waals surface area contributed by atoms with Gasteiger partial charge in [0, 0.05) is 6.04 Å². The molecule has 25 heavy (non-hydrogen) atoms. The second-order valence-electron chi connectivity index (χ2n) is 7.00. The van der Waals surface area contributed by atoms with Crippen molar-refractivity contribution in [1.82, 2.24) is 20.1 Å². The Morgan fingerprint density at radius 2 is 2.12 bits per heavy atom. The largest absolute Gasteiger partial charge is 0.352 e. The Bertz CT molecular complexity index is 730. The summed E-state index contributed by atoms with van der Waals surface area (Å²) in [6, 6.07) is 8.40. The van der Waals surface area contributed by atoms with Crippen LogP contribution in [-0.4, -0.2) is 32.5 Å². The average Bonchev–Trinajstić information content (AvgIpc) is 3.06. The molecule has 0 radical (unpaired) electrons. The summed E-state index contributed by atoms with van der Waals surface area (Å²) in [6.07, 6.45) is 5.25. The van der Waals surface area contributed by atoms with Crippen molar-refractivity contribution in [1.29, 1.82) is 0 Å². The predicted octanol–water partition coefficient (Wildman–Crippen LogP) is 3.61. The summed E-state index contributed by atoms with van der Waals surface area (Å²) in [7, 11) is 0. The number of hydrogen-bond donors (Lipinski definition) is 1. The summed E-state index contributed by atoms with van der Waals surface area (Å²) < 4.78 is 1.94. The molecule has 1 N–H and O–H groups in total. The van der Waals surface area contributed by atoms with Crippen LogP contribution < -0.4 is 5.32 Å². The van der Waals surface area contributed by atoms with Crippen LogP contribution >= 0.6 is 11.8 Å². The van der Waals surface area contributed by atoms with Crippen LogP contribution in [0.5, 0.6) is 0 Å². The van der Waals surface area contributed by atoms with E-state index in [1.54, 1.807) is 6.33 Å². The lowest BCUT2D eigenvalue weighted by molar-refractivity contribution is -0.120. The van der Waals surface area contributed by atoms with Crippen molar-refractivity contribution in [2.24, 2.45) is 11.8 Å². The minimum absolute atomic E-state index is 0.0790. The van der Waals surface area contributed by atoms with Crippen LogP contribution in [0.3, 0.4) is 0 Å². The minimum atomic E-state index is 0.0790. The highest BCUT2D eigenvalue weighted by Gasteiger charge is 2.28. The summed E-state index contributed by atoms with van der Waals surface area (Å²) in [5, 5.41) is 12.2. The minimum Gasteiger partial charge on any atom is -0.352 e. The zero-order chi connectivity index (χ0) is 17.8. The Balaban J connectivity index is 1.60. The fraction of sp³-hybridized carbons (Fsp3) is 0.526. The van der Waals surface area contributed by atoms with Crippen LogP contribution in [0.1, 0.15) is 38.7 Å². The number of hydrogen-bond acceptors (Lipinski definition) is 4.